The SMILES string of the molecule is Cc1nc(C(=O)O)c(C2CCC(C)CC2)s1. The van der Waals surface area contributed by atoms with Crippen LogP contribution in [-0.4, -0.2) is 16.1 Å². The minimum atomic E-state index is -0.877. The van der Waals surface area contributed by atoms with Gasteiger partial charge in [-0.1, -0.05) is 19.8 Å². The van der Waals surface area contributed by atoms with Crippen LogP contribution in [0.3, 0.4) is 0 Å². The predicted molar refractivity (Wildman–Crippen MR) is 64.2 cm³/mol. The normalized spacial score (nSPS) is 25.6. The summed E-state index contributed by atoms with van der Waals surface area (Å²) >= 11 is 1.56. The monoisotopic (exact) mass is 239 g/mol. The summed E-state index contributed by atoms with van der Waals surface area (Å²) in [5.41, 5.74) is 0.294. The first-order valence-electron chi connectivity index (χ1n) is 5.78. The summed E-state index contributed by atoms with van der Waals surface area (Å²) in [5.74, 6) is 0.338. The molecule has 0 amide bonds. The van der Waals surface area contributed by atoms with E-state index in [1.54, 1.807) is 11.3 Å². The van der Waals surface area contributed by atoms with E-state index in [0.717, 1.165) is 28.6 Å². The van der Waals surface area contributed by atoms with Crippen LogP contribution in [0.25, 0.3) is 0 Å². The topological polar surface area (TPSA) is 50.2 Å². The van der Waals surface area contributed by atoms with Gasteiger partial charge in [0.1, 0.15) is 0 Å². The molecule has 1 aromatic heterocycles. The van der Waals surface area contributed by atoms with Crippen LogP contribution in [0.15, 0.2) is 0 Å². The zero-order chi connectivity index (χ0) is 11.7. The highest BCUT2D eigenvalue weighted by atomic mass is 32.1. The van der Waals surface area contributed by atoms with Crippen LogP contribution in [0.2, 0.25) is 0 Å². The van der Waals surface area contributed by atoms with Gasteiger partial charge in [-0.05, 0) is 31.6 Å². The molecule has 0 saturated heterocycles. The van der Waals surface area contributed by atoms with Crippen LogP contribution < -0.4 is 0 Å². The minimum absolute atomic E-state index is 0.294. The third kappa shape index (κ3) is 2.26. The minimum Gasteiger partial charge on any atom is -0.476 e. The van der Waals surface area contributed by atoms with Crippen LogP contribution in [0.1, 0.15) is 58.9 Å². The van der Waals surface area contributed by atoms with Crippen molar-refractivity contribution in [3.8, 4) is 0 Å². The van der Waals surface area contributed by atoms with Crippen molar-refractivity contribution in [1.29, 1.82) is 0 Å². The van der Waals surface area contributed by atoms with Gasteiger partial charge in [-0.25, -0.2) is 9.78 Å². The van der Waals surface area contributed by atoms with E-state index in [4.69, 9.17) is 5.11 Å². The van der Waals surface area contributed by atoms with Gasteiger partial charge in [0.05, 0.1) is 5.01 Å². The molecule has 16 heavy (non-hydrogen) atoms. The molecule has 0 spiro atoms. The molecule has 0 radical (unpaired) electrons. The van der Waals surface area contributed by atoms with E-state index in [0.29, 0.717) is 11.6 Å². The molecule has 1 N–H and O–H groups in total. The Bertz CT molecular complexity index is 392. The molecule has 1 fully saturated rings. The second-order valence-corrected chi connectivity index (χ2v) is 5.94. The number of rotatable bonds is 2. The molecule has 1 aromatic rings. The number of aryl methyl sites for hydroxylation is 1. The van der Waals surface area contributed by atoms with Crippen molar-refractivity contribution in [2.24, 2.45) is 5.92 Å². The van der Waals surface area contributed by atoms with Gasteiger partial charge in [0, 0.05) is 4.88 Å². The molecule has 3 nitrogen and oxygen atoms in total. The number of carboxylic acid groups (broad SMARTS) is 1. The van der Waals surface area contributed by atoms with Crippen LogP contribution in [0, 0.1) is 12.8 Å². The highest BCUT2D eigenvalue weighted by molar-refractivity contribution is 7.12. The summed E-state index contributed by atoms with van der Waals surface area (Å²) in [5, 5.41) is 9.97. The third-order valence-corrected chi connectivity index (χ3v) is 4.48. The number of aromatic carboxylic acids is 1. The number of carboxylic acids is 1. The number of thiazole rings is 1. The van der Waals surface area contributed by atoms with E-state index in [1.807, 2.05) is 6.92 Å². The van der Waals surface area contributed by atoms with E-state index in [1.165, 1.54) is 12.8 Å². The molecule has 1 aliphatic carbocycles. The van der Waals surface area contributed by atoms with Crippen LogP contribution >= 0.6 is 11.3 Å². The maximum Gasteiger partial charge on any atom is 0.355 e. The fourth-order valence-corrected chi connectivity index (χ4v) is 3.48. The van der Waals surface area contributed by atoms with Crippen molar-refractivity contribution in [3.63, 3.8) is 0 Å². The van der Waals surface area contributed by atoms with Gasteiger partial charge in [0.25, 0.3) is 0 Å². The first-order chi connectivity index (χ1) is 7.58. The zero-order valence-corrected chi connectivity index (χ0v) is 10.5. The Morgan fingerprint density at radius 1 is 1.38 bits per heavy atom. The molecule has 1 saturated carbocycles. The van der Waals surface area contributed by atoms with Crippen LogP contribution in [-0.2, 0) is 0 Å². The molecular weight excluding hydrogens is 222 g/mol. The first-order valence-corrected chi connectivity index (χ1v) is 6.60. The summed E-state index contributed by atoms with van der Waals surface area (Å²) in [6, 6.07) is 0. The molecule has 4 heteroatoms. The lowest BCUT2D eigenvalue weighted by Crippen LogP contribution is -2.12. The number of nitrogens with zero attached hydrogens (tertiary/aromatic N) is 1. The summed E-state index contributed by atoms with van der Waals surface area (Å²) in [6.45, 7) is 4.15. The summed E-state index contributed by atoms with van der Waals surface area (Å²) in [6.07, 6.45) is 4.65. The number of aromatic nitrogens is 1. The summed E-state index contributed by atoms with van der Waals surface area (Å²) < 4.78 is 0. The van der Waals surface area contributed by atoms with Crippen LogP contribution in [0.5, 0.6) is 0 Å². The zero-order valence-electron chi connectivity index (χ0n) is 9.69. The lowest BCUT2D eigenvalue weighted by molar-refractivity contribution is 0.0689. The van der Waals surface area contributed by atoms with E-state index < -0.39 is 5.97 Å². The Hall–Kier alpha value is -0.900. The molecular formula is C12H17NO2S. The Kier molecular flexibility index (Phi) is 3.28. The highest BCUT2D eigenvalue weighted by Crippen LogP contribution is 2.39. The quantitative estimate of drug-likeness (QED) is 0.860. The van der Waals surface area contributed by atoms with Gasteiger partial charge in [0.15, 0.2) is 5.69 Å². The Morgan fingerprint density at radius 2 is 2.00 bits per heavy atom. The lowest BCUT2D eigenvalue weighted by atomic mass is 9.82. The van der Waals surface area contributed by atoms with Crippen molar-refractivity contribution in [1.82, 2.24) is 4.98 Å². The largest absolute Gasteiger partial charge is 0.476 e. The van der Waals surface area contributed by atoms with Crippen LogP contribution in [0.4, 0.5) is 0 Å². The maximum atomic E-state index is 11.1. The molecule has 0 atom stereocenters. The highest BCUT2D eigenvalue weighted by Gasteiger charge is 2.26. The van der Waals surface area contributed by atoms with Crippen molar-refractivity contribution in [2.75, 3.05) is 0 Å². The summed E-state index contributed by atoms with van der Waals surface area (Å²) in [7, 11) is 0. The van der Waals surface area contributed by atoms with Crippen molar-refractivity contribution < 1.29 is 9.90 Å². The lowest BCUT2D eigenvalue weighted by Gasteiger charge is -2.25. The Labute approximate surface area is 99.5 Å². The van der Waals surface area contributed by atoms with Gasteiger partial charge in [-0.3, -0.25) is 0 Å². The average Bonchev–Trinajstić information content (AvgIpc) is 2.61. The second kappa shape index (κ2) is 4.53. The molecule has 0 aliphatic heterocycles. The fraction of sp³-hybridized carbons (Fsp3) is 0.667. The standard InChI is InChI=1S/C12H17NO2S/c1-7-3-5-9(6-4-7)11-10(12(14)15)13-8(2)16-11/h7,9H,3-6H2,1-2H3,(H,14,15). The number of hydrogen-bond acceptors (Lipinski definition) is 3. The van der Waals surface area contributed by atoms with E-state index >= 15 is 0 Å². The summed E-state index contributed by atoms with van der Waals surface area (Å²) in [4.78, 5) is 16.2. The van der Waals surface area contributed by atoms with Crippen molar-refractivity contribution >= 4 is 17.3 Å². The van der Waals surface area contributed by atoms with Crippen molar-refractivity contribution in [3.05, 3.63) is 15.6 Å². The molecule has 2 rings (SSSR count). The Balaban J connectivity index is 2.22. The number of hydrogen-bond donors (Lipinski definition) is 1. The second-order valence-electron chi connectivity index (χ2n) is 4.71. The molecule has 0 bridgehead atoms. The average molecular weight is 239 g/mol. The number of carbonyl (C=O) groups is 1. The van der Waals surface area contributed by atoms with E-state index in [-0.39, 0.29) is 0 Å². The molecule has 0 unspecified atom stereocenters. The van der Waals surface area contributed by atoms with Gasteiger partial charge in [0.2, 0.25) is 0 Å². The van der Waals surface area contributed by atoms with Crippen molar-refractivity contribution in [2.45, 2.75) is 45.4 Å². The predicted octanol–water partition coefficient (Wildman–Crippen LogP) is 3.44. The van der Waals surface area contributed by atoms with Gasteiger partial charge < -0.3 is 5.11 Å². The fourth-order valence-electron chi connectivity index (χ4n) is 2.39. The Morgan fingerprint density at radius 3 is 2.56 bits per heavy atom. The molecule has 0 aromatic carbocycles. The maximum absolute atomic E-state index is 11.1. The van der Waals surface area contributed by atoms with Gasteiger partial charge in [-0.2, -0.15) is 0 Å². The van der Waals surface area contributed by atoms with Gasteiger partial charge in [-0.15, -0.1) is 11.3 Å². The smallest absolute Gasteiger partial charge is 0.355 e. The molecule has 88 valence electrons. The third-order valence-electron chi connectivity index (χ3n) is 3.35. The molecule has 1 heterocycles. The van der Waals surface area contributed by atoms with E-state index in [9.17, 15) is 4.79 Å². The van der Waals surface area contributed by atoms with E-state index in [2.05, 4.69) is 11.9 Å². The van der Waals surface area contributed by atoms with Gasteiger partial charge >= 0.3 is 5.97 Å². The first kappa shape index (κ1) is 11.6. The molecule has 1 aliphatic rings.